The van der Waals surface area contributed by atoms with Gasteiger partial charge < -0.3 is 14.7 Å². The van der Waals surface area contributed by atoms with E-state index in [1.54, 1.807) is 30.1 Å². The SMILES string of the molecule is COc1ccc(C(=O)N(C)CCCCCO)cc1N1CCC(=O)NC1=O. The van der Waals surface area contributed by atoms with Crippen molar-refractivity contribution in [1.29, 1.82) is 0 Å². The van der Waals surface area contributed by atoms with Crippen molar-refractivity contribution in [2.75, 3.05) is 38.8 Å². The van der Waals surface area contributed by atoms with Crippen molar-refractivity contribution in [2.45, 2.75) is 25.7 Å². The molecule has 0 aliphatic carbocycles. The summed E-state index contributed by atoms with van der Waals surface area (Å²) in [5, 5.41) is 11.1. The minimum atomic E-state index is -0.526. The lowest BCUT2D eigenvalue weighted by atomic mass is 10.1. The van der Waals surface area contributed by atoms with Gasteiger partial charge >= 0.3 is 6.03 Å². The van der Waals surface area contributed by atoms with E-state index in [-0.39, 0.29) is 31.4 Å². The molecule has 8 nitrogen and oxygen atoms in total. The van der Waals surface area contributed by atoms with Crippen LogP contribution < -0.4 is 15.0 Å². The summed E-state index contributed by atoms with van der Waals surface area (Å²) in [6, 6.07) is 4.38. The lowest BCUT2D eigenvalue weighted by Gasteiger charge is -2.28. The number of hydrogen-bond acceptors (Lipinski definition) is 5. The van der Waals surface area contributed by atoms with Crippen LogP contribution in [0.5, 0.6) is 5.75 Å². The topological polar surface area (TPSA) is 99.2 Å². The summed E-state index contributed by atoms with van der Waals surface area (Å²) in [4.78, 5) is 39.1. The van der Waals surface area contributed by atoms with E-state index in [2.05, 4.69) is 5.32 Å². The van der Waals surface area contributed by atoms with Crippen LogP contribution >= 0.6 is 0 Å². The molecule has 0 unspecified atom stereocenters. The minimum Gasteiger partial charge on any atom is -0.495 e. The molecule has 0 radical (unpaired) electrons. The first-order chi connectivity index (χ1) is 12.5. The Kier molecular flexibility index (Phi) is 6.97. The molecule has 1 saturated heterocycles. The predicted octanol–water partition coefficient (Wildman–Crippen LogP) is 1.38. The van der Waals surface area contributed by atoms with Crippen molar-refractivity contribution in [1.82, 2.24) is 10.2 Å². The Bertz CT molecular complexity index is 677. The zero-order chi connectivity index (χ0) is 19.1. The summed E-state index contributed by atoms with van der Waals surface area (Å²) in [5.41, 5.74) is 0.896. The van der Waals surface area contributed by atoms with E-state index in [4.69, 9.17) is 9.84 Å². The molecular weight excluding hydrogens is 338 g/mol. The lowest BCUT2D eigenvalue weighted by molar-refractivity contribution is -0.120. The molecule has 1 aliphatic heterocycles. The van der Waals surface area contributed by atoms with E-state index < -0.39 is 6.03 Å². The van der Waals surface area contributed by atoms with Crippen LogP contribution in [0.3, 0.4) is 0 Å². The number of anilines is 1. The summed E-state index contributed by atoms with van der Waals surface area (Å²) < 4.78 is 5.31. The largest absolute Gasteiger partial charge is 0.495 e. The van der Waals surface area contributed by atoms with Crippen molar-refractivity contribution in [3.8, 4) is 5.75 Å². The third-order valence-electron chi connectivity index (χ3n) is 4.27. The summed E-state index contributed by atoms with van der Waals surface area (Å²) in [7, 11) is 3.21. The normalized spacial score (nSPS) is 14.2. The number of aliphatic hydroxyl groups excluding tert-OH is 1. The summed E-state index contributed by atoms with van der Waals surface area (Å²) in [6.45, 7) is 0.967. The zero-order valence-corrected chi connectivity index (χ0v) is 15.2. The van der Waals surface area contributed by atoms with Gasteiger partial charge in [0.15, 0.2) is 0 Å². The first kappa shape index (κ1) is 19.7. The second kappa shape index (κ2) is 9.19. The minimum absolute atomic E-state index is 0.153. The van der Waals surface area contributed by atoms with Crippen LogP contribution in [-0.2, 0) is 4.79 Å². The number of methoxy groups -OCH3 is 1. The monoisotopic (exact) mass is 363 g/mol. The Morgan fingerprint density at radius 2 is 2.08 bits per heavy atom. The quantitative estimate of drug-likeness (QED) is 0.680. The highest BCUT2D eigenvalue weighted by Crippen LogP contribution is 2.31. The molecule has 2 rings (SSSR count). The lowest BCUT2D eigenvalue weighted by Crippen LogP contribution is -2.49. The van der Waals surface area contributed by atoms with E-state index >= 15 is 0 Å². The van der Waals surface area contributed by atoms with Gasteiger partial charge in [-0.15, -0.1) is 0 Å². The number of rotatable bonds is 8. The van der Waals surface area contributed by atoms with E-state index in [0.29, 0.717) is 23.5 Å². The number of carbonyl (C=O) groups is 3. The third kappa shape index (κ3) is 4.72. The highest BCUT2D eigenvalue weighted by molar-refractivity contribution is 6.07. The molecule has 0 bridgehead atoms. The number of aliphatic hydroxyl groups is 1. The van der Waals surface area contributed by atoms with Crippen LogP contribution in [0.15, 0.2) is 18.2 Å². The first-order valence-electron chi connectivity index (χ1n) is 8.63. The molecule has 0 atom stereocenters. The van der Waals surface area contributed by atoms with Crippen LogP contribution in [0.2, 0.25) is 0 Å². The van der Waals surface area contributed by atoms with Crippen LogP contribution in [0.25, 0.3) is 0 Å². The Hall–Kier alpha value is -2.61. The number of urea groups is 1. The number of carbonyl (C=O) groups excluding carboxylic acids is 3. The summed E-state index contributed by atoms with van der Waals surface area (Å²) in [5.74, 6) is -0.0249. The van der Waals surface area contributed by atoms with E-state index in [9.17, 15) is 14.4 Å². The Morgan fingerprint density at radius 3 is 2.73 bits per heavy atom. The van der Waals surface area contributed by atoms with Crippen LogP contribution in [0.4, 0.5) is 10.5 Å². The predicted molar refractivity (Wildman–Crippen MR) is 96.4 cm³/mol. The number of nitrogens with zero attached hydrogens (tertiary/aromatic N) is 2. The zero-order valence-electron chi connectivity index (χ0n) is 15.2. The number of benzene rings is 1. The van der Waals surface area contributed by atoms with E-state index in [1.807, 2.05) is 0 Å². The number of nitrogens with one attached hydrogen (secondary N) is 1. The van der Waals surface area contributed by atoms with Crippen LogP contribution in [-0.4, -0.2) is 61.7 Å². The van der Waals surface area contributed by atoms with Gasteiger partial charge in [-0.05, 0) is 37.5 Å². The highest BCUT2D eigenvalue weighted by Gasteiger charge is 2.27. The van der Waals surface area contributed by atoms with Crippen molar-refractivity contribution in [3.05, 3.63) is 23.8 Å². The van der Waals surface area contributed by atoms with Crippen molar-refractivity contribution < 1.29 is 24.2 Å². The van der Waals surface area contributed by atoms with Gasteiger partial charge in [0.25, 0.3) is 5.91 Å². The van der Waals surface area contributed by atoms with Gasteiger partial charge in [-0.25, -0.2) is 4.79 Å². The van der Waals surface area contributed by atoms with Gasteiger partial charge in [-0.3, -0.25) is 19.8 Å². The second-order valence-corrected chi connectivity index (χ2v) is 6.15. The molecule has 0 aromatic heterocycles. The fourth-order valence-electron chi connectivity index (χ4n) is 2.79. The van der Waals surface area contributed by atoms with Crippen molar-refractivity contribution in [2.24, 2.45) is 0 Å². The van der Waals surface area contributed by atoms with Crippen LogP contribution in [0, 0.1) is 0 Å². The highest BCUT2D eigenvalue weighted by atomic mass is 16.5. The molecule has 1 aliphatic rings. The Labute approximate surface area is 152 Å². The van der Waals surface area contributed by atoms with Gasteiger partial charge in [0.05, 0.1) is 12.8 Å². The van der Waals surface area contributed by atoms with Gasteiger partial charge in [-0.2, -0.15) is 0 Å². The standard InChI is InChI=1S/C18H25N3O5/c1-20(9-4-3-5-11-22)17(24)13-6-7-15(26-2)14(12-13)21-10-8-16(23)19-18(21)25/h6-7,12,22H,3-5,8-11H2,1-2H3,(H,19,23,25). The Balaban J connectivity index is 2.16. The van der Waals surface area contributed by atoms with Gasteiger partial charge in [-0.1, -0.05) is 0 Å². The molecular formula is C18H25N3O5. The molecule has 26 heavy (non-hydrogen) atoms. The van der Waals surface area contributed by atoms with E-state index in [0.717, 1.165) is 19.3 Å². The molecule has 0 saturated carbocycles. The third-order valence-corrected chi connectivity index (χ3v) is 4.27. The molecule has 1 heterocycles. The van der Waals surface area contributed by atoms with Crippen molar-refractivity contribution in [3.63, 3.8) is 0 Å². The second-order valence-electron chi connectivity index (χ2n) is 6.15. The number of ether oxygens (including phenoxy) is 1. The number of hydrogen-bond donors (Lipinski definition) is 2. The maximum absolute atomic E-state index is 12.6. The van der Waals surface area contributed by atoms with Crippen molar-refractivity contribution >= 4 is 23.5 Å². The van der Waals surface area contributed by atoms with Crippen LogP contribution in [0.1, 0.15) is 36.0 Å². The molecule has 1 aromatic rings. The molecule has 2 N–H and O–H groups in total. The average Bonchev–Trinajstić information content (AvgIpc) is 2.64. The number of imide groups is 1. The average molecular weight is 363 g/mol. The smallest absolute Gasteiger partial charge is 0.328 e. The summed E-state index contributed by atoms with van der Waals surface area (Å²) in [6.07, 6.45) is 2.57. The van der Waals surface area contributed by atoms with Gasteiger partial charge in [0.1, 0.15) is 5.75 Å². The maximum Gasteiger partial charge on any atom is 0.328 e. The number of amides is 4. The Morgan fingerprint density at radius 1 is 1.31 bits per heavy atom. The summed E-state index contributed by atoms with van der Waals surface area (Å²) >= 11 is 0. The molecule has 4 amide bonds. The molecule has 8 heteroatoms. The fourth-order valence-corrected chi connectivity index (χ4v) is 2.79. The fraction of sp³-hybridized carbons (Fsp3) is 0.500. The number of unbranched alkanes of at least 4 members (excludes halogenated alkanes) is 2. The molecule has 1 fully saturated rings. The first-order valence-corrected chi connectivity index (χ1v) is 8.63. The van der Waals surface area contributed by atoms with Gasteiger partial charge in [0, 0.05) is 38.7 Å². The maximum atomic E-state index is 12.6. The molecule has 1 aromatic carbocycles. The van der Waals surface area contributed by atoms with E-state index in [1.165, 1.54) is 12.0 Å². The van der Waals surface area contributed by atoms with Gasteiger partial charge in [0.2, 0.25) is 5.91 Å². The molecule has 142 valence electrons. The molecule has 0 spiro atoms.